The summed E-state index contributed by atoms with van der Waals surface area (Å²) in [4.78, 5) is 5.06. The van der Waals surface area contributed by atoms with Crippen LogP contribution in [-0.4, -0.2) is 0 Å². The van der Waals surface area contributed by atoms with Gasteiger partial charge in [0.1, 0.15) is 0 Å². The van der Waals surface area contributed by atoms with Crippen LogP contribution in [0.25, 0.3) is 21.5 Å². The van der Waals surface area contributed by atoms with Gasteiger partial charge in [-0.1, -0.05) is 74.9 Å². The number of aryl methyl sites for hydroxylation is 8. The van der Waals surface area contributed by atoms with E-state index in [4.69, 9.17) is 0 Å². The van der Waals surface area contributed by atoms with Gasteiger partial charge in [-0.25, -0.2) is 0 Å². The summed E-state index contributed by atoms with van der Waals surface area (Å²) >= 11 is 0. The number of nitrogens with zero attached hydrogens (tertiary/aromatic N) is 2. The van der Waals surface area contributed by atoms with Crippen LogP contribution in [0.2, 0.25) is 0 Å². The molecule has 2 fully saturated rings. The first-order valence-corrected chi connectivity index (χ1v) is 23.0. The topological polar surface area (TPSA) is 6.48 Å². The maximum Gasteiger partial charge on any atom is 0.0468 e. The van der Waals surface area contributed by atoms with Crippen molar-refractivity contribution in [1.29, 1.82) is 0 Å². The smallest absolute Gasteiger partial charge is 0.0468 e. The molecule has 2 saturated carbocycles. The minimum absolute atomic E-state index is 0.538. The van der Waals surface area contributed by atoms with Crippen molar-refractivity contribution < 1.29 is 0 Å². The number of hydrogen-bond donors (Lipinski definition) is 0. The second-order valence-corrected chi connectivity index (χ2v) is 19.0. The highest BCUT2D eigenvalue weighted by molar-refractivity contribution is 6.09. The summed E-state index contributed by atoms with van der Waals surface area (Å²) in [6, 6.07) is 43.3. The van der Waals surface area contributed by atoms with E-state index >= 15 is 0 Å². The first-order valence-electron chi connectivity index (χ1n) is 23.0. The van der Waals surface area contributed by atoms with Crippen molar-refractivity contribution in [3.05, 3.63) is 165 Å². The molecule has 0 bridgehead atoms. The van der Waals surface area contributed by atoms with Crippen molar-refractivity contribution in [3.63, 3.8) is 0 Å². The van der Waals surface area contributed by atoms with E-state index in [2.05, 4.69) is 174 Å². The number of benzene rings is 7. The van der Waals surface area contributed by atoms with Gasteiger partial charge in [0.15, 0.2) is 0 Å². The maximum atomic E-state index is 2.60. The monoisotopic (exact) mass is 789 g/mol. The van der Waals surface area contributed by atoms with Crippen molar-refractivity contribution in [2.45, 2.75) is 131 Å². The van der Waals surface area contributed by atoms with E-state index in [1.807, 2.05) is 0 Å². The zero-order valence-corrected chi connectivity index (χ0v) is 37.5. The highest BCUT2D eigenvalue weighted by Crippen LogP contribution is 2.50. The summed E-state index contributed by atoms with van der Waals surface area (Å²) in [5.74, 6) is 1.08. The zero-order valence-electron chi connectivity index (χ0n) is 37.5. The number of hydrogen-bond acceptors (Lipinski definition) is 2. The van der Waals surface area contributed by atoms with Gasteiger partial charge in [-0.3, -0.25) is 0 Å². The molecule has 0 amide bonds. The quantitative estimate of drug-likeness (QED) is 0.142. The van der Waals surface area contributed by atoms with Crippen LogP contribution in [0.1, 0.15) is 132 Å². The summed E-state index contributed by atoms with van der Waals surface area (Å²) in [6.45, 7) is 17.9. The molecule has 7 aromatic carbocycles. The Balaban J connectivity index is 1.35. The molecule has 0 spiro atoms. The molecular formula is C58H64N2. The van der Waals surface area contributed by atoms with Gasteiger partial charge >= 0.3 is 0 Å². The fraction of sp³-hybridized carbons (Fsp3) is 0.345. The maximum absolute atomic E-state index is 2.60. The average molecular weight is 789 g/mol. The van der Waals surface area contributed by atoms with Crippen LogP contribution in [0, 0.1) is 55.4 Å². The molecule has 2 nitrogen and oxygen atoms in total. The van der Waals surface area contributed by atoms with E-state index in [0.29, 0.717) is 11.8 Å². The highest BCUT2D eigenvalue weighted by Gasteiger charge is 2.29. The van der Waals surface area contributed by atoms with Gasteiger partial charge in [0.25, 0.3) is 0 Å². The van der Waals surface area contributed by atoms with Gasteiger partial charge in [0, 0.05) is 34.1 Å². The molecule has 2 aliphatic carbocycles. The molecule has 9 rings (SSSR count). The largest absolute Gasteiger partial charge is 0.310 e. The molecule has 2 heteroatoms. The minimum atomic E-state index is 0.538. The van der Waals surface area contributed by atoms with Crippen LogP contribution in [0.15, 0.2) is 109 Å². The van der Waals surface area contributed by atoms with E-state index in [1.165, 1.54) is 164 Å². The average Bonchev–Trinajstić information content (AvgIpc) is 3.19. The number of rotatable bonds is 8. The van der Waals surface area contributed by atoms with Gasteiger partial charge in [-0.05, 0) is 243 Å². The minimum Gasteiger partial charge on any atom is -0.310 e. The fourth-order valence-electron chi connectivity index (χ4n) is 11.4. The SMILES string of the molecule is Cc1cc(C)cc(N(c2cc(C)cc(C)c2)c2ccc3c(C4CCCCC4)c4cc(N(c5cc(C)cc(C)c5)c5cc(C)cc(C)c5)ccc4c(C4CCCCC4)c3c2)c1. The Labute approximate surface area is 360 Å². The van der Waals surface area contributed by atoms with Crippen molar-refractivity contribution in [2.75, 3.05) is 9.80 Å². The summed E-state index contributed by atoms with van der Waals surface area (Å²) < 4.78 is 0. The van der Waals surface area contributed by atoms with Crippen LogP contribution in [0.4, 0.5) is 34.1 Å². The Bertz CT molecular complexity index is 2350. The Kier molecular flexibility index (Phi) is 11.1. The normalized spacial score (nSPS) is 15.2. The third kappa shape index (κ3) is 7.99. The van der Waals surface area contributed by atoms with E-state index in [1.54, 1.807) is 11.1 Å². The van der Waals surface area contributed by atoms with Gasteiger partial charge in [0.05, 0.1) is 0 Å². The van der Waals surface area contributed by atoms with Crippen molar-refractivity contribution in [2.24, 2.45) is 0 Å². The zero-order chi connectivity index (χ0) is 41.7. The second-order valence-electron chi connectivity index (χ2n) is 19.0. The standard InChI is InChI=1S/C58H64N2/c1-37-23-38(2)28-49(27-37)59(50-29-39(3)24-40(4)30-50)47-19-21-53-55(35-47)57(45-15-11-9-12-16-45)54-22-20-48(36-56(54)58(53)46-17-13-10-14-18-46)60(51-31-41(5)25-42(6)32-51)52-33-43(7)26-44(8)34-52/h19-36,45-46H,9-18H2,1-8H3. The summed E-state index contributed by atoms with van der Waals surface area (Å²) in [6.07, 6.45) is 12.9. The molecule has 0 unspecified atom stereocenters. The van der Waals surface area contributed by atoms with E-state index in [9.17, 15) is 0 Å². The van der Waals surface area contributed by atoms with Crippen molar-refractivity contribution in [1.82, 2.24) is 0 Å². The lowest BCUT2D eigenvalue weighted by atomic mass is 9.74. The molecular weight excluding hydrogens is 725 g/mol. The molecule has 7 aromatic rings. The van der Waals surface area contributed by atoms with Crippen molar-refractivity contribution >= 4 is 55.7 Å². The van der Waals surface area contributed by atoms with Gasteiger partial charge in [-0.2, -0.15) is 0 Å². The van der Waals surface area contributed by atoms with Crippen LogP contribution in [0.3, 0.4) is 0 Å². The molecule has 0 N–H and O–H groups in total. The lowest BCUT2D eigenvalue weighted by molar-refractivity contribution is 0.445. The second kappa shape index (κ2) is 16.6. The first kappa shape index (κ1) is 40.1. The van der Waals surface area contributed by atoms with Crippen LogP contribution in [0.5, 0.6) is 0 Å². The Morgan fingerprint density at radius 2 is 0.550 bits per heavy atom. The molecule has 0 aromatic heterocycles. The van der Waals surface area contributed by atoms with E-state index < -0.39 is 0 Å². The summed E-state index contributed by atoms with van der Waals surface area (Å²) in [5, 5.41) is 5.89. The molecule has 0 radical (unpaired) electrons. The van der Waals surface area contributed by atoms with Crippen LogP contribution < -0.4 is 9.80 Å². The predicted octanol–water partition coefficient (Wildman–Crippen LogP) is 17.5. The molecule has 0 saturated heterocycles. The molecule has 2 aliphatic rings. The van der Waals surface area contributed by atoms with Crippen LogP contribution >= 0.6 is 0 Å². The van der Waals surface area contributed by atoms with E-state index in [-0.39, 0.29) is 0 Å². The van der Waals surface area contributed by atoms with Gasteiger partial charge in [-0.15, -0.1) is 0 Å². The third-order valence-electron chi connectivity index (χ3n) is 13.6. The highest BCUT2D eigenvalue weighted by atomic mass is 15.1. The fourth-order valence-corrected chi connectivity index (χ4v) is 11.4. The third-order valence-corrected chi connectivity index (χ3v) is 13.6. The van der Waals surface area contributed by atoms with Gasteiger partial charge < -0.3 is 9.80 Å². The van der Waals surface area contributed by atoms with Crippen LogP contribution in [-0.2, 0) is 0 Å². The van der Waals surface area contributed by atoms with Gasteiger partial charge in [0.2, 0.25) is 0 Å². The van der Waals surface area contributed by atoms with Crippen molar-refractivity contribution in [3.8, 4) is 0 Å². The lowest BCUT2D eigenvalue weighted by Crippen LogP contribution is -2.14. The molecule has 0 heterocycles. The summed E-state index contributed by atoms with van der Waals surface area (Å²) in [7, 11) is 0. The Morgan fingerprint density at radius 1 is 0.283 bits per heavy atom. The predicted molar refractivity (Wildman–Crippen MR) is 260 cm³/mol. The van der Waals surface area contributed by atoms with E-state index in [0.717, 1.165) is 0 Å². The first-order chi connectivity index (χ1) is 29.0. The summed E-state index contributed by atoms with van der Waals surface area (Å²) in [5.41, 5.74) is 20.9. The molecule has 306 valence electrons. The lowest BCUT2D eigenvalue weighted by Gasteiger charge is -2.33. The Hall–Kier alpha value is -5.34. The number of anilines is 6. The molecule has 60 heavy (non-hydrogen) atoms. The number of fused-ring (bicyclic) bond motifs is 2. The molecule has 0 atom stereocenters. The Morgan fingerprint density at radius 3 is 0.817 bits per heavy atom. The molecule has 0 aliphatic heterocycles.